The Morgan fingerprint density at radius 2 is 1.90 bits per heavy atom. The summed E-state index contributed by atoms with van der Waals surface area (Å²) in [5.41, 5.74) is 5.30. The number of ether oxygens (including phenoxy) is 2. The van der Waals surface area contributed by atoms with Gasteiger partial charge < -0.3 is 19.7 Å². The van der Waals surface area contributed by atoms with Crippen LogP contribution < -0.4 is 5.32 Å². The zero-order chi connectivity index (χ0) is 20.6. The van der Waals surface area contributed by atoms with E-state index in [4.69, 9.17) is 14.5 Å². The molecule has 30 heavy (non-hydrogen) atoms. The van der Waals surface area contributed by atoms with Crippen molar-refractivity contribution < 1.29 is 9.47 Å². The molecule has 2 aliphatic rings. The third kappa shape index (κ3) is 5.61. The highest BCUT2D eigenvalue weighted by Crippen LogP contribution is 2.19. The van der Waals surface area contributed by atoms with Gasteiger partial charge in [-0.05, 0) is 48.4 Å². The fourth-order valence-electron chi connectivity index (χ4n) is 4.14. The van der Waals surface area contributed by atoms with Crippen molar-refractivity contribution in [1.82, 2.24) is 10.2 Å². The van der Waals surface area contributed by atoms with Crippen LogP contribution >= 0.6 is 0 Å². The molecule has 2 aromatic carbocycles. The van der Waals surface area contributed by atoms with Crippen molar-refractivity contribution in [3.05, 3.63) is 70.8 Å². The zero-order valence-corrected chi connectivity index (χ0v) is 18.0. The number of aliphatic imine (C=N–C) groups is 1. The Bertz CT molecular complexity index is 846. The maximum atomic E-state index is 6.08. The highest BCUT2D eigenvalue weighted by molar-refractivity contribution is 5.80. The SMILES string of the molecule is CCNC(=NCc1cccc(COC2CCOCC2)c1)N1CCc2ccccc2C1. The second-order valence-electron chi connectivity index (χ2n) is 8.05. The summed E-state index contributed by atoms with van der Waals surface area (Å²) in [6, 6.07) is 17.3. The quantitative estimate of drug-likeness (QED) is 0.583. The number of hydrogen-bond donors (Lipinski definition) is 1. The normalized spacial score (nSPS) is 17.6. The van der Waals surface area contributed by atoms with Crippen molar-refractivity contribution in [1.29, 1.82) is 0 Å². The van der Waals surface area contributed by atoms with E-state index in [0.717, 1.165) is 58.1 Å². The van der Waals surface area contributed by atoms with Gasteiger partial charge in [0.1, 0.15) is 0 Å². The highest BCUT2D eigenvalue weighted by atomic mass is 16.5. The molecule has 0 atom stereocenters. The van der Waals surface area contributed by atoms with E-state index < -0.39 is 0 Å². The average Bonchev–Trinajstić information content (AvgIpc) is 2.81. The first-order valence-corrected chi connectivity index (χ1v) is 11.2. The van der Waals surface area contributed by atoms with Crippen LogP contribution in [-0.2, 0) is 35.6 Å². The van der Waals surface area contributed by atoms with Crippen LogP contribution in [0, 0.1) is 0 Å². The molecule has 0 bridgehead atoms. The highest BCUT2D eigenvalue weighted by Gasteiger charge is 2.18. The largest absolute Gasteiger partial charge is 0.381 e. The molecule has 4 rings (SSSR count). The topological polar surface area (TPSA) is 46.1 Å². The molecule has 1 saturated heterocycles. The first kappa shape index (κ1) is 20.9. The first-order chi connectivity index (χ1) is 14.8. The van der Waals surface area contributed by atoms with Gasteiger partial charge in [-0.15, -0.1) is 0 Å². The van der Waals surface area contributed by atoms with Crippen LogP contribution in [0.5, 0.6) is 0 Å². The van der Waals surface area contributed by atoms with E-state index in [2.05, 4.69) is 65.7 Å². The van der Waals surface area contributed by atoms with Crippen molar-refractivity contribution >= 4 is 5.96 Å². The van der Waals surface area contributed by atoms with Gasteiger partial charge in [0, 0.05) is 32.8 Å². The van der Waals surface area contributed by atoms with Crippen molar-refractivity contribution in [2.24, 2.45) is 4.99 Å². The molecule has 2 aliphatic heterocycles. The first-order valence-electron chi connectivity index (χ1n) is 11.2. The van der Waals surface area contributed by atoms with Gasteiger partial charge in [-0.2, -0.15) is 0 Å². The minimum absolute atomic E-state index is 0.322. The fourth-order valence-corrected chi connectivity index (χ4v) is 4.14. The number of nitrogens with zero attached hydrogens (tertiary/aromatic N) is 2. The summed E-state index contributed by atoms with van der Waals surface area (Å²) in [4.78, 5) is 7.31. The van der Waals surface area contributed by atoms with Crippen LogP contribution in [-0.4, -0.2) is 43.3 Å². The summed E-state index contributed by atoms with van der Waals surface area (Å²) in [5, 5.41) is 3.48. The number of hydrogen-bond acceptors (Lipinski definition) is 3. The molecular weight excluding hydrogens is 374 g/mol. The van der Waals surface area contributed by atoms with Gasteiger partial charge >= 0.3 is 0 Å². The number of nitrogens with one attached hydrogen (secondary N) is 1. The number of benzene rings is 2. The summed E-state index contributed by atoms with van der Waals surface area (Å²) >= 11 is 0. The van der Waals surface area contributed by atoms with E-state index in [1.807, 2.05) is 0 Å². The van der Waals surface area contributed by atoms with Crippen molar-refractivity contribution in [3.8, 4) is 0 Å². The molecule has 1 fully saturated rings. The molecule has 2 aromatic rings. The summed E-state index contributed by atoms with van der Waals surface area (Å²) in [7, 11) is 0. The van der Waals surface area contributed by atoms with Gasteiger partial charge in [-0.25, -0.2) is 4.99 Å². The standard InChI is InChI=1S/C25H33N3O2/c1-2-26-25(28-13-10-22-8-3-4-9-23(22)18-28)27-17-20-6-5-7-21(16-20)19-30-24-11-14-29-15-12-24/h3-9,16,24H,2,10-15,17-19H2,1H3,(H,26,27). The van der Waals surface area contributed by atoms with Gasteiger partial charge in [0.25, 0.3) is 0 Å². The Hall–Kier alpha value is -2.37. The molecule has 0 spiro atoms. The van der Waals surface area contributed by atoms with Gasteiger partial charge in [-0.1, -0.05) is 48.5 Å². The molecule has 2 heterocycles. The molecule has 0 radical (unpaired) electrons. The van der Waals surface area contributed by atoms with Crippen LogP contribution in [0.2, 0.25) is 0 Å². The molecule has 5 nitrogen and oxygen atoms in total. The molecule has 0 aromatic heterocycles. The third-order valence-electron chi connectivity index (χ3n) is 5.82. The summed E-state index contributed by atoms with van der Waals surface area (Å²) in [5.74, 6) is 0.996. The van der Waals surface area contributed by atoms with Crippen LogP contribution in [0.4, 0.5) is 0 Å². The lowest BCUT2D eigenvalue weighted by Crippen LogP contribution is -2.44. The predicted octanol–water partition coefficient (Wildman–Crippen LogP) is 3.91. The van der Waals surface area contributed by atoms with Crippen LogP contribution in [0.3, 0.4) is 0 Å². The maximum Gasteiger partial charge on any atom is 0.194 e. The molecule has 1 N–H and O–H groups in total. The molecule has 5 heteroatoms. The van der Waals surface area contributed by atoms with E-state index >= 15 is 0 Å². The second kappa shape index (κ2) is 10.6. The average molecular weight is 408 g/mol. The monoisotopic (exact) mass is 407 g/mol. The summed E-state index contributed by atoms with van der Waals surface area (Å²) in [6.07, 6.45) is 3.38. The molecule has 160 valence electrons. The minimum Gasteiger partial charge on any atom is -0.381 e. The lowest BCUT2D eigenvalue weighted by molar-refractivity contribution is -0.0390. The van der Waals surface area contributed by atoms with E-state index in [1.54, 1.807) is 0 Å². The Labute approximate surface area is 180 Å². The van der Waals surface area contributed by atoms with Crippen LogP contribution in [0.25, 0.3) is 0 Å². The third-order valence-corrected chi connectivity index (χ3v) is 5.82. The zero-order valence-electron chi connectivity index (χ0n) is 18.0. The second-order valence-corrected chi connectivity index (χ2v) is 8.05. The van der Waals surface area contributed by atoms with Gasteiger partial charge in [0.05, 0.1) is 19.3 Å². The molecule has 0 unspecified atom stereocenters. The predicted molar refractivity (Wildman–Crippen MR) is 120 cm³/mol. The molecule has 0 aliphatic carbocycles. The van der Waals surface area contributed by atoms with Crippen molar-refractivity contribution in [2.75, 3.05) is 26.3 Å². The summed E-state index contributed by atoms with van der Waals surface area (Å²) in [6.45, 7) is 7.87. The molecule has 0 amide bonds. The van der Waals surface area contributed by atoms with Crippen LogP contribution in [0.1, 0.15) is 42.0 Å². The lowest BCUT2D eigenvalue weighted by atomic mass is 10.0. The van der Waals surface area contributed by atoms with Crippen LogP contribution in [0.15, 0.2) is 53.5 Å². The number of rotatable bonds is 6. The Morgan fingerprint density at radius 3 is 2.73 bits per heavy atom. The maximum absolute atomic E-state index is 6.08. The van der Waals surface area contributed by atoms with E-state index in [-0.39, 0.29) is 0 Å². The van der Waals surface area contributed by atoms with E-state index in [1.165, 1.54) is 22.3 Å². The Kier molecular flexibility index (Phi) is 7.38. The Morgan fingerprint density at radius 1 is 1.10 bits per heavy atom. The lowest BCUT2D eigenvalue weighted by Gasteiger charge is -2.31. The van der Waals surface area contributed by atoms with Gasteiger partial charge in [-0.3, -0.25) is 0 Å². The number of guanidine groups is 1. The minimum atomic E-state index is 0.322. The Balaban J connectivity index is 1.38. The molecular formula is C25H33N3O2. The van der Waals surface area contributed by atoms with Crippen molar-refractivity contribution in [2.45, 2.75) is 52.0 Å². The van der Waals surface area contributed by atoms with E-state index in [0.29, 0.717) is 19.3 Å². The molecule has 0 saturated carbocycles. The number of fused-ring (bicyclic) bond motifs is 1. The summed E-state index contributed by atoms with van der Waals surface area (Å²) < 4.78 is 11.5. The van der Waals surface area contributed by atoms with E-state index in [9.17, 15) is 0 Å². The fraction of sp³-hybridized carbons (Fsp3) is 0.480. The smallest absolute Gasteiger partial charge is 0.194 e. The van der Waals surface area contributed by atoms with Gasteiger partial charge in [0.2, 0.25) is 0 Å². The van der Waals surface area contributed by atoms with Crippen molar-refractivity contribution in [3.63, 3.8) is 0 Å². The van der Waals surface area contributed by atoms with Gasteiger partial charge in [0.15, 0.2) is 5.96 Å².